The Morgan fingerprint density at radius 1 is 1.24 bits per heavy atom. The molecule has 0 bridgehead atoms. The molecule has 1 atom stereocenters. The Kier molecular flexibility index (Phi) is 7.38. The van der Waals surface area contributed by atoms with Crippen molar-refractivity contribution in [1.82, 2.24) is 4.90 Å². The van der Waals surface area contributed by atoms with Crippen molar-refractivity contribution in [3.8, 4) is 29.6 Å². The van der Waals surface area contributed by atoms with Gasteiger partial charge in [0.25, 0.3) is 10.1 Å². The van der Waals surface area contributed by atoms with Gasteiger partial charge in [0.1, 0.15) is 5.75 Å². The molecule has 2 aromatic carbocycles. The van der Waals surface area contributed by atoms with Crippen LogP contribution in [0.2, 0.25) is 5.02 Å². The molecule has 4 N–H and O–H groups in total. The zero-order valence-corrected chi connectivity index (χ0v) is 17.3. The van der Waals surface area contributed by atoms with Crippen LogP contribution in [-0.2, 0) is 16.5 Å². The number of phenols is 3. The summed E-state index contributed by atoms with van der Waals surface area (Å²) >= 11 is 6.28. The maximum atomic E-state index is 10.0. The van der Waals surface area contributed by atoms with Crippen molar-refractivity contribution in [3.05, 3.63) is 52.0 Å². The highest BCUT2D eigenvalue weighted by atomic mass is 35.5. The molecular weight excluding hydrogens is 418 g/mol. The smallest absolute Gasteiger partial charge is 0.261 e. The van der Waals surface area contributed by atoms with Crippen molar-refractivity contribution in [2.24, 2.45) is 0 Å². The molecular formula is C20H22ClNO6S. The first-order valence-corrected chi connectivity index (χ1v) is 10.8. The molecule has 0 amide bonds. The second-order valence-electron chi connectivity index (χ2n) is 6.69. The fourth-order valence-corrected chi connectivity index (χ4v) is 3.53. The number of rotatable bonds is 2. The maximum absolute atomic E-state index is 10.0. The molecule has 0 aromatic heterocycles. The van der Waals surface area contributed by atoms with Crippen molar-refractivity contribution in [2.75, 3.05) is 25.9 Å². The summed E-state index contributed by atoms with van der Waals surface area (Å²) in [7, 11) is -3.67. The van der Waals surface area contributed by atoms with Gasteiger partial charge in [-0.15, -0.1) is 6.42 Å². The SMILES string of the molecule is C#CCN1CCc2c(cc(O)c(O)c2Cl)C(c2ccc(O)cc2)C1.CS(=O)(=O)O. The van der Waals surface area contributed by atoms with Crippen LogP contribution < -0.4 is 0 Å². The lowest BCUT2D eigenvalue weighted by Gasteiger charge is -2.24. The molecule has 1 heterocycles. The summed E-state index contributed by atoms with van der Waals surface area (Å²) in [6, 6.07) is 8.54. The molecule has 156 valence electrons. The first kappa shape index (κ1) is 22.8. The van der Waals surface area contributed by atoms with Crippen molar-refractivity contribution < 1.29 is 28.3 Å². The minimum absolute atomic E-state index is 0.0690. The third-order valence-electron chi connectivity index (χ3n) is 4.46. The summed E-state index contributed by atoms with van der Waals surface area (Å²) in [4.78, 5) is 2.14. The van der Waals surface area contributed by atoms with Crippen LogP contribution in [0.5, 0.6) is 17.2 Å². The van der Waals surface area contributed by atoms with Crippen LogP contribution in [0, 0.1) is 12.3 Å². The molecule has 0 saturated heterocycles. The Balaban J connectivity index is 0.000000537. The van der Waals surface area contributed by atoms with Gasteiger partial charge in [0.2, 0.25) is 0 Å². The number of hydrogen-bond donors (Lipinski definition) is 4. The van der Waals surface area contributed by atoms with Gasteiger partial charge in [0, 0.05) is 19.0 Å². The maximum Gasteiger partial charge on any atom is 0.261 e. The lowest BCUT2D eigenvalue weighted by Crippen LogP contribution is -2.29. The van der Waals surface area contributed by atoms with Gasteiger partial charge in [-0.3, -0.25) is 9.45 Å². The molecule has 2 aromatic rings. The molecule has 1 aliphatic rings. The van der Waals surface area contributed by atoms with Crippen molar-refractivity contribution in [1.29, 1.82) is 0 Å². The number of phenolic OH excluding ortho intramolecular Hbond substituents is 3. The molecule has 7 nitrogen and oxygen atoms in total. The molecule has 0 radical (unpaired) electrons. The van der Waals surface area contributed by atoms with Crippen LogP contribution >= 0.6 is 11.6 Å². The highest BCUT2D eigenvalue weighted by Crippen LogP contribution is 2.43. The Hall–Kier alpha value is -2.44. The molecule has 1 aliphatic heterocycles. The number of fused-ring (bicyclic) bond motifs is 1. The van der Waals surface area contributed by atoms with Crippen LogP contribution in [0.15, 0.2) is 30.3 Å². The normalized spacial score (nSPS) is 16.7. The molecule has 0 fully saturated rings. The van der Waals surface area contributed by atoms with Gasteiger partial charge in [-0.2, -0.15) is 8.42 Å². The van der Waals surface area contributed by atoms with E-state index in [1.807, 2.05) is 12.1 Å². The molecule has 9 heteroatoms. The van der Waals surface area contributed by atoms with Gasteiger partial charge in [0.05, 0.1) is 17.8 Å². The van der Waals surface area contributed by atoms with Crippen LogP contribution in [-0.4, -0.2) is 59.1 Å². The Morgan fingerprint density at radius 3 is 2.38 bits per heavy atom. The third kappa shape index (κ3) is 6.27. The number of aromatic hydroxyl groups is 3. The first-order valence-electron chi connectivity index (χ1n) is 8.61. The first-order chi connectivity index (χ1) is 13.5. The highest BCUT2D eigenvalue weighted by molar-refractivity contribution is 7.85. The largest absolute Gasteiger partial charge is 0.508 e. The summed E-state index contributed by atoms with van der Waals surface area (Å²) < 4.78 is 25.9. The van der Waals surface area contributed by atoms with Crippen LogP contribution in [0.25, 0.3) is 0 Å². The molecule has 3 rings (SSSR count). The van der Waals surface area contributed by atoms with E-state index in [2.05, 4.69) is 10.8 Å². The van der Waals surface area contributed by atoms with E-state index < -0.39 is 10.1 Å². The van der Waals surface area contributed by atoms with Crippen molar-refractivity contribution in [2.45, 2.75) is 12.3 Å². The number of nitrogens with zero attached hydrogens (tertiary/aromatic N) is 1. The summed E-state index contributed by atoms with van der Waals surface area (Å²) in [5.41, 5.74) is 2.68. The van der Waals surface area contributed by atoms with Crippen LogP contribution in [0.3, 0.4) is 0 Å². The molecule has 0 saturated carbocycles. The van der Waals surface area contributed by atoms with E-state index in [1.165, 1.54) is 0 Å². The summed E-state index contributed by atoms with van der Waals surface area (Å²) in [5, 5.41) is 29.7. The molecule has 0 aliphatic carbocycles. The van der Waals surface area contributed by atoms with E-state index >= 15 is 0 Å². The predicted octanol–water partition coefficient (Wildman–Crippen LogP) is 2.58. The number of terminal acetylenes is 1. The summed E-state index contributed by atoms with van der Waals surface area (Å²) in [6.45, 7) is 1.90. The predicted molar refractivity (Wildman–Crippen MR) is 111 cm³/mol. The van der Waals surface area contributed by atoms with E-state index in [1.54, 1.807) is 18.2 Å². The summed E-state index contributed by atoms with van der Waals surface area (Å²) in [6.07, 6.45) is 6.82. The Bertz CT molecular complexity index is 1010. The van der Waals surface area contributed by atoms with E-state index in [0.29, 0.717) is 25.8 Å². The van der Waals surface area contributed by atoms with Crippen LogP contribution in [0.1, 0.15) is 22.6 Å². The van der Waals surface area contributed by atoms with E-state index in [9.17, 15) is 23.7 Å². The van der Waals surface area contributed by atoms with Gasteiger partial charge in [-0.05, 0) is 41.3 Å². The van der Waals surface area contributed by atoms with Crippen LogP contribution in [0.4, 0.5) is 0 Å². The van der Waals surface area contributed by atoms with Gasteiger partial charge in [-0.25, -0.2) is 0 Å². The zero-order valence-electron chi connectivity index (χ0n) is 15.7. The number of hydrogen-bond acceptors (Lipinski definition) is 6. The minimum atomic E-state index is -3.67. The second-order valence-corrected chi connectivity index (χ2v) is 8.54. The van der Waals surface area contributed by atoms with E-state index in [-0.39, 0.29) is 28.2 Å². The Labute approximate surface area is 174 Å². The average Bonchev–Trinajstić information content (AvgIpc) is 2.79. The topological polar surface area (TPSA) is 118 Å². The average molecular weight is 440 g/mol. The monoisotopic (exact) mass is 439 g/mol. The van der Waals surface area contributed by atoms with Crippen molar-refractivity contribution >= 4 is 21.7 Å². The quantitative estimate of drug-likeness (QED) is 0.322. The van der Waals surface area contributed by atoms with Gasteiger partial charge >= 0.3 is 0 Å². The lowest BCUT2D eigenvalue weighted by molar-refractivity contribution is 0.310. The minimum Gasteiger partial charge on any atom is -0.508 e. The summed E-state index contributed by atoms with van der Waals surface area (Å²) in [5.74, 6) is 2.27. The van der Waals surface area contributed by atoms with Gasteiger partial charge in [0.15, 0.2) is 11.5 Å². The fourth-order valence-electron chi connectivity index (χ4n) is 3.23. The lowest BCUT2D eigenvalue weighted by atomic mass is 9.87. The fraction of sp³-hybridized carbons (Fsp3) is 0.300. The number of halogens is 1. The van der Waals surface area contributed by atoms with Crippen molar-refractivity contribution in [3.63, 3.8) is 0 Å². The van der Waals surface area contributed by atoms with Gasteiger partial charge in [-0.1, -0.05) is 29.7 Å². The van der Waals surface area contributed by atoms with E-state index in [4.69, 9.17) is 22.6 Å². The third-order valence-corrected chi connectivity index (χ3v) is 4.87. The Morgan fingerprint density at radius 2 is 1.83 bits per heavy atom. The standard InChI is InChI=1S/C19H18ClNO3.CH4O3S/c1-2-8-21-9-7-14-15(10-17(23)19(24)18(14)20)16(11-21)12-3-5-13(22)6-4-12;1-5(2,3)4/h1,3-6,10,16,22-24H,7-9,11H2;1H3,(H,2,3,4). The van der Waals surface area contributed by atoms with Gasteiger partial charge < -0.3 is 15.3 Å². The molecule has 29 heavy (non-hydrogen) atoms. The molecule has 1 unspecified atom stereocenters. The molecule has 0 spiro atoms. The highest BCUT2D eigenvalue weighted by Gasteiger charge is 2.28. The zero-order chi connectivity index (χ0) is 21.8. The number of benzene rings is 2. The second kappa shape index (κ2) is 9.37. The van der Waals surface area contributed by atoms with E-state index in [0.717, 1.165) is 23.2 Å².